The molecule has 1 N–H and O–H groups in total. The largest absolute Gasteiger partial charge is 0.452 e. The SMILES string of the molecule is Cc1nn([C@H]2CCS(=O)(=O)C2)c(Cl)c1/C=C/C(=O)OCC(=O)Nc1ccccc1. The summed E-state index contributed by atoms with van der Waals surface area (Å²) in [5, 5.41) is 7.18. The second kappa shape index (κ2) is 8.79. The third-order valence-electron chi connectivity index (χ3n) is 4.41. The highest BCUT2D eigenvalue weighted by Gasteiger charge is 2.31. The van der Waals surface area contributed by atoms with Gasteiger partial charge in [-0.15, -0.1) is 0 Å². The molecular weight excluding hydrogens is 418 g/mol. The summed E-state index contributed by atoms with van der Waals surface area (Å²) in [7, 11) is -3.08. The van der Waals surface area contributed by atoms with Crippen molar-refractivity contribution in [2.75, 3.05) is 23.4 Å². The van der Waals surface area contributed by atoms with E-state index in [4.69, 9.17) is 16.3 Å². The molecule has 1 atom stereocenters. The van der Waals surface area contributed by atoms with Crippen LogP contribution in [-0.2, 0) is 24.2 Å². The molecule has 0 bridgehead atoms. The molecule has 10 heteroatoms. The zero-order chi connectivity index (χ0) is 21.0. The number of rotatable bonds is 6. The molecule has 1 fully saturated rings. The first-order valence-corrected chi connectivity index (χ1v) is 11.1. The van der Waals surface area contributed by atoms with Crippen molar-refractivity contribution in [2.24, 2.45) is 0 Å². The van der Waals surface area contributed by atoms with Crippen LogP contribution in [0, 0.1) is 6.92 Å². The lowest BCUT2D eigenvalue weighted by Crippen LogP contribution is -2.20. The fraction of sp³-hybridized carbons (Fsp3) is 0.316. The average Bonchev–Trinajstić information content (AvgIpc) is 3.17. The molecule has 3 rings (SSSR count). The summed E-state index contributed by atoms with van der Waals surface area (Å²) in [5.41, 5.74) is 1.67. The maximum absolute atomic E-state index is 11.9. The molecule has 1 aliphatic rings. The molecule has 154 valence electrons. The Kier molecular flexibility index (Phi) is 6.39. The molecule has 0 unspecified atom stereocenters. The van der Waals surface area contributed by atoms with Crippen LogP contribution < -0.4 is 5.32 Å². The highest BCUT2D eigenvalue weighted by Crippen LogP contribution is 2.30. The number of nitrogens with one attached hydrogen (secondary N) is 1. The quantitative estimate of drug-likeness (QED) is 0.549. The number of aromatic nitrogens is 2. The Hall–Kier alpha value is -2.65. The van der Waals surface area contributed by atoms with Crippen LogP contribution in [0.25, 0.3) is 6.08 Å². The number of anilines is 1. The van der Waals surface area contributed by atoms with Gasteiger partial charge in [-0.3, -0.25) is 4.79 Å². The van der Waals surface area contributed by atoms with Gasteiger partial charge < -0.3 is 10.1 Å². The van der Waals surface area contributed by atoms with Gasteiger partial charge in [0.15, 0.2) is 16.4 Å². The van der Waals surface area contributed by atoms with Gasteiger partial charge in [-0.05, 0) is 31.6 Å². The minimum Gasteiger partial charge on any atom is -0.452 e. The van der Waals surface area contributed by atoms with Crippen molar-refractivity contribution < 1.29 is 22.7 Å². The predicted molar refractivity (Wildman–Crippen MR) is 109 cm³/mol. The van der Waals surface area contributed by atoms with Crippen LogP contribution in [0.5, 0.6) is 0 Å². The first kappa shape index (κ1) is 21.1. The van der Waals surface area contributed by atoms with Crippen LogP contribution in [0.3, 0.4) is 0 Å². The monoisotopic (exact) mass is 437 g/mol. The normalized spacial score (nSPS) is 18.1. The van der Waals surface area contributed by atoms with Crippen LogP contribution in [-0.4, -0.2) is 48.2 Å². The number of esters is 1. The Bertz CT molecular complexity index is 1050. The fourth-order valence-electron chi connectivity index (χ4n) is 2.99. The van der Waals surface area contributed by atoms with Gasteiger partial charge in [0.25, 0.3) is 5.91 Å². The van der Waals surface area contributed by atoms with Crippen molar-refractivity contribution in [1.82, 2.24) is 9.78 Å². The lowest BCUT2D eigenvalue weighted by Gasteiger charge is -2.09. The summed E-state index contributed by atoms with van der Waals surface area (Å²) >= 11 is 6.34. The molecule has 1 saturated heterocycles. The van der Waals surface area contributed by atoms with Crippen molar-refractivity contribution in [3.63, 3.8) is 0 Å². The molecule has 0 radical (unpaired) electrons. The van der Waals surface area contributed by atoms with Gasteiger partial charge in [0, 0.05) is 17.3 Å². The lowest BCUT2D eigenvalue weighted by molar-refractivity contribution is -0.142. The molecule has 1 aromatic heterocycles. The highest BCUT2D eigenvalue weighted by molar-refractivity contribution is 7.91. The average molecular weight is 438 g/mol. The van der Waals surface area contributed by atoms with E-state index in [9.17, 15) is 18.0 Å². The summed E-state index contributed by atoms with van der Waals surface area (Å²) < 4.78 is 29.8. The van der Waals surface area contributed by atoms with Crippen molar-refractivity contribution in [1.29, 1.82) is 0 Å². The molecule has 2 aromatic rings. The van der Waals surface area contributed by atoms with E-state index in [0.29, 0.717) is 23.4 Å². The third kappa shape index (κ3) is 5.45. The number of hydrogen-bond donors (Lipinski definition) is 1. The molecule has 29 heavy (non-hydrogen) atoms. The van der Waals surface area contributed by atoms with E-state index >= 15 is 0 Å². The minimum atomic E-state index is -3.08. The van der Waals surface area contributed by atoms with Crippen molar-refractivity contribution >= 4 is 45.1 Å². The molecular formula is C19H20ClN3O5S. The Morgan fingerprint density at radius 1 is 1.34 bits per heavy atom. The van der Waals surface area contributed by atoms with Crippen molar-refractivity contribution in [3.8, 4) is 0 Å². The molecule has 1 aliphatic heterocycles. The van der Waals surface area contributed by atoms with Gasteiger partial charge in [0.1, 0.15) is 5.15 Å². The summed E-state index contributed by atoms with van der Waals surface area (Å²) in [6.45, 7) is 1.29. The van der Waals surface area contributed by atoms with Gasteiger partial charge in [-0.2, -0.15) is 5.10 Å². The Morgan fingerprint density at radius 2 is 2.07 bits per heavy atom. The summed E-state index contributed by atoms with van der Waals surface area (Å²) in [5.74, 6) is -1.06. The van der Waals surface area contributed by atoms with Crippen molar-refractivity contribution in [2.45, 2.75) is 19.4 Å². The number of amides is 1. The second-order valence-corrected chi connectivity index (χ2v) is 9.23. The van der Waals surface area contributed by atoms with Crippen LogP contribution in [0.1, 0.15) is 23.7 Å². The topological polar surface area (TPSA) is 107 Å². The van der Waals surface area contributed by atoms with E-state index in [2.05, 4.69) is 10.4 Å². The van der Waals surface area contributed by atoms with Gasteiger partial charge in [0.2, 0.25) is 0 Å². The predicted octanol–water partition coefficient (Wildman–Crippen LogP) is 2.40. The number of carbonyl (C=O) groups excluding carboxylic acids is 2. The molecule has 0 aliphatic carbocycles. The van der Waals surface area contributed by atoms with Crippen LogP contribution in [0.2, 0.25) is 5.15 Å². The van der Waals surface area contributed by atoms with Gasteiger partial charge in [0.05, 0.1) is 23.2 Å². The van der Waals surface area contributed by atoms with Gasteiger partial charge >= 0.3 is 5.97 Å². The molecule has 0 spiro atoms. The number of aryl methyl sites for hydroxylation is 1. The zero-order valence-corrected chi connectivity index (χ0v) is 17.2. The minimum absolute atomic E-state index is 0.00440. The summed E-state index contributed by atoms with van der Waals surface area (Å²) in [4.78, 5) is 23.7. The Morgan fingerprint density at radius 3 is 2.72 bits per heavy atom. The van der Waals surface area contributed by atoms with E-state index in [1.807, 2.05) is 6.07 Å². The Balaban J connectivity index is 1.58. The molecule has 1 aromatic carbocycles. The number of carbonyl (C=O) groups is 2. The number of nitrogens with zero attached hydrogens (tertiary/aromatic N) is 2. The van der Waals surface area contributed by atoms with E-state index in [1.54, 1.807) is 31.2 Å². The first-order chi connectivity index (χ1) is 13.7. The van der Waals surface area contributed by atoms with Gasteiger partial charge in [-0.25, -0.2) is 17.9 Å². The van der Waals surface area contributed by atoms with E-state index in [0.717, 1.165) is 6.08 Å². The van der Waals surface area contributed by atoms with Crippen LogP contribution in [0.4, 0.5) is 5.69 Å². The second-order valence-electron chi connectivity index (χ2n) is 6.65. The molecule has 0 saturated carbocycles. The van der Waals surface area contributed by atoms with Crippen molar-refractivity contribution in [3.05, 3.63) is 52.8 Å². The fourth-order valence-corrected chi connectivity index (χ4v) is 5.05. The number of hydrogen-bond acceptors (Lipinski definition) is 6. The highest BCUT2D eigenvalue weighted by atomic mass is 35.5. The number of halogens is 1. The van der Waals surface area contributed by atoms with Crippen LogP contribution in [0.15, 0.2) is 36.4 Å². The van der Waals surface area contributed by atoms with E-state index in [1.165, 1.54) is 10.8 Å². The maximum atomic E-state index is 11.9. The number of para-hydroxylation sites is 1. The molecule has 8 nitrogen and oxygen atoms in total. The summed E-state index contributed by atoms with van der Waals surface area (Å²) in [6.07, 6.45) is 3.05. The summed E-state index contributed by atoms with van der Waals surface area (Å²) in [6, 6.07) is 8.49. The zero-order valence-electron chi connectivity index (χ0n) is 15.7. The Labute approximate surface area is 173 Å². The number of sulfone groups is 1. The van der Waals surface area contributed by atoms with E-state index in [-0.39, 0.29) is 22.7 Å². The van der Waals surface area contributed by atoms with E-state index < -0.39 is 28.3 Å². The standard InChI is InChI=1S/C19H20ClN3O5S/c1-13-16(19(20)23(22-13)15-9-10-29(26,27)12-15)7-8-18(25)28-11-17(24)21-14-5-3-2-4-6-14/h2-8,15H,9-12H2,1H3,(H,21,24)/b8-7+/t15-/m0/s1. The smallest absolute Gasteiger partial charge is 0.331 e. The van der Waals surface area contributed by atoms with Gasteiger partial charge in [-0.1, -0.05) is 29.8 Å². The first-order valence-electron chi connectivity index (χ1n) is 8.90. The number of ether oxygens (including phenoxy) is 1. The van der Waals surface area contributed by atoms with Crippen LogP contribution >= 0.6 is 11.6 Å². The number of benzene rings is 1. The lowest BCUT2D eigenvalue weighted by atomic mass is 10.2. The third-order valence-corrected chi connectivity index (χ3v) is 6.54. The maximum Gasteiger partial charge on any atom is 0.331 e. The molecule has 2 heterocycles. The molecule has 1 amide bonds.